The number of nitrogens with one attached hydrogen (secondary N) is 1. The predicted octanol–water partition coefficient (Wildman–Crippen LogP) is 2.97. The Balaban J connectivity index is 2.80. The number of hydrogen-bond donors (Lipinski definition) is 1. The van der Waals surface area contributed by atoms with Crippen LogP contribution in [0.2, 0.25) is 0 Å². The maximum Gasteiger partial charge on any atom is 0.123 e. The van der Waals surface area contributed by atoms with Crippen molar-refractivity contribution in [3.8, 4) is 0 Å². The van der Waals surface area contributed by atoms with Gasteiger partial charge in [0.2, 0.25) is 0 Å². The molecule has 0 aromatic heterocycles. The molecule has 0 bridgehead atoms. The van der Waals surface area contributed by atoms with Crippen LogP contribution in [0, 0.1) is 5.82 Å². The van der Waals surface area contributed by atoms with E-state index in [1.165, 1.54) is 12.1 Å². The molecular weight excluding hydrogens is 177 g/mol. The summed E-state index contributed by atoms with van der Waals surface area (Å²) in [6.45, 7) is 8.58. The summed E-state index contributed by atoms with van der Waals surface area (Å²) in [4.78, 5) is 0. The molecule has 0 unspecified atom stereocenters. The average molecular weight is 193 g/mol. The van der Waals surface area contributed by atoms with Crippen molar-refractivity contribution in [3.63, 3.8) is 0 Å². The molecule has 1 nitrogen and oxygen atoms in total. The summed E-state index contributed by atoms with van der Waals surface area (Å²) in [7, 11) is 0. The fourth-order valence-electron chi connectivity index (χ4n) is 1.23. The van der Waals surface area contributed by atoms with E-state index in [-0.39, 0.29) is 5.82 Å². The van der Waals surface area contributed by atoms with Crippen LogP contribution in [-0.4, -0.2) is 6.04 Å². The van der Waals surface area contributed by atoms with Crippen LogP contribution in [0.4, 0.5) is 4.39 Å². The fourth-order valence-corrected chi connectivity index (χ4v) is 1.23. The molecule has 1 rings (SSSR count). The van der Waals surface area contributed by atoms with Crippen LogP contribution in [0.1, 0.15) is 25.0 Å². The average Bonchev–Trinajstić information content (AvgIpc) is 2.15. The van der Waals surface area contributed by atoms with E-state index < -0.39 is 0 Å². The first-order chi connectivity index (χ1) is 6.63. The number of hydrogen-bond acceptors (Lipinski definition) is 1. The quantitative estimate of drug-likeness (QED) is 0.775. The normalized spacial score (nSPS) is 10.6. The molecule has 0 saturated carbocycles. The zero-order valence-corrected chi connectivity index (χ0v) is 8.68. The lowest BCUT2D eigenvalue weighted by atomic mass is 10.1. The van der Waals surface area contributed by atoms with E-state index in [9.17, 15) is 4.39 Å². The molecule has 2 heteroatoms. The SMILES string of the molecule is C=Cc1cc(F)ccc1CNC(C)C. The second-order valence-electron chi connectivity index (χ2n) is 3.58. The van der Waals surface area contributed by atoms with Gasteiger partial charge in [-0.1, -0.05) is 32.6 Å². The van der Waals surface area contributed by atoms with Crippen LogP contribution in [0.5, 0.6) is 0 Å². The summed E-state index contributed by atoms with van der Waals surface area (Å²) < 4.78 is 12.9. The topological polar surface area (TPSA) is 12.0 Å². The summed E-state index contributed by atoms with van der Waals surface area (Å²) in [6, 6.07) is 5.20. The van der Waals surface area contributed by atoms with Crippen molar-refractivity contribution in [1.29, 1.82) is 0 Å². The lowest BCUT2D eigenvalue weighted by Crippen LogP contribution is -2.22. The van der Waals surface area contributed by atoms with Gasteiger partial charge in [-0.15, -0.1) is 0 Å². The summed E-state index contributed by atoms with van der Waals surface area (Å²) in [5.41, 5.74) is 1.94. The van der Waals surface area contributed by atoms with Crippen LogP contribution < -0.4 is 5.32 Å². The van der Waals surface area contributed by atoms with E-state index in [1.807, 2.05) is 0 Å². The standard InChI is InChI=1S/C12H16FN/c1-4-10-7-12(13)6-5-11(10)8-14-9(2)3/h4-7,9,14H,1,8H2,2-3H3. The fraction of sp³-hybridized carbons (Fsp3) is 0.333. The zero-order valence-electron chi connectivity index (χ0n) is 8.68. The Morgan fingerprint density at radius 3 is 2.79 bits per heavy atom. The first-order valence-electron chi connectivity index (χ1n) is 4.77. The minimum atomic E-state index is -0.215. The summed E-state index contributed by atoms with van der Waals surface area (Å²) >= 11 is 0. The van der Waals surface area contributed by atoms with Crippen LogP contribution >= 0.6 is 0 Å². The number of rotatable bonds is 4. The van der Waals surface area contributed by atoms with Crippen molar-refractivity contribution >= 4 is 6.08 Å². The van der Waals surface area contributed by atoms with Crippen LogP contribution in [-0.2, 0) is 6.54 Å². The molecule has 1 N–H and O–H groups in total. The van der Waals surface area contributed by atoms with E-state index >= 15 is 0 Å². The van der Waals surface area contributed by atoms with E-state index in [4.69, 9.17) is 0 Å². The van der Waals surface area contributed by atoms with Crippen molar-refractivity contribution in [3.05, 3.63) is 41.7 Å². The largest absolute Gasteiger partial charge is 0.310 e. The first-order valence-corrected chi connectivity index (χ1v) is 4.77. The zero-order chi connectivity index (χ0) is 10.6. The highest BCUT2D eigenvalue weighted by Gasteiger charge is 2.01. The van der Waals surface area contributed by atoms with Gasteiger partial charge in [-0.05, 0) is 23.3 Å². The third-order valence-corrected chi connectivity index (χ3v) is 2.03. The minimum absolute atomic E-state index is 0.215. The van der Waals surface area contributed by atoms with E-state index in [0.29, 0.717) is 6.04 Å². The van der Waals surface area contributed by atoms with Crippen molar-refractivity contribution in [2.75, 3.05) is 0 Å². The Hall–Kier alpha value is -1.15. The number of halogens is 1. The molecule has 0 spiro atoms. The third kappa shape index (κ3) is 2.96. The molecule has 0 heterocycles. The van der Waals surface area contributed by atoms with Gasteiger partial charge in [-0.25, -0.2) is 4.39 Å². The van der Waals surface area contributed by atoms with E-state index in [2.05, 4.69) is 25.7 Å². The highest BCUT2D eigenvalue weighted by atomic mass is 19.1. The Labute approximate surface area is 84.6 Å². The predicted molar refractivity (Wildman–Crippen MR) is 58.5 cm³/mol. The van der Waals surface area contributed by atoms with Gasteiger partial charge in [0.1, 0.15) is 5.82 Å². The Morgan fingerprint density at radius 1 is 1.50 bits per heavy atom. The third-order valence-electron chi connectivity index (χ3n) is 2.03. The molecular formula is C12H16FN. The molecule has 1 aromatic carbocycles. The maximum absolute atomic E-state index is 12.9. The van der Waals surface area contributed by atoms with Crippen LogP contribution in [0.15, 0.2) is 24.8 Å². The Bertz CT molecular complexity index is 318. The minimum Gasteiger partial charge on any atom is -0.310 e. The van der Waals surface area contributed by atoms with Crippen molar-refractivity contribution in [2.24, 2.45) is 0 Å². The highest BCUT2D eigenvalue weighted by Crippen LogP contribution is 2.12. The second-order valence-corrected chi connectivity index (χ2v) is 3.58. The van der Waals surface area contributed by atoms with E-state index in [1.54, 1.807) is 12.1 Å². The molecule has 76 valence electrons. The van der Waals surface area contributed by atoms with Gasteiger partial charge in [0, 0.05) is 12.6 Å². The van der Waals surface area contributed by atoms with Gasteiger partial charge in [0.05, 0.1) is 0 Å². The number of benzene rings is 1. The van der Waals surface area contributed by atoms with Crippen molar-refractivity contribution in [1.82, 2.24) is 5.32 Å². The van der Waals surface area contributed by atoms with Gasteiger partial charge in [0.15, 0.2) is 0 Å². The monoisotopic (exact) mass is 193 g/mol. The highest BCUT2D eigenvalue weighted by molar-refractivity contribution is 5.51. The molecule has 0 radical (unpaired) electrons. The Morgan fingerprint density at radius 2 is 2.21 bits per heavy atom. The molecule has 0 aliphatic rings. The van der Waals surface area contributed by atoms with Gasteiger partial charge >= 0.3 is 0 Å². The second kappa shape index (κ2) is 4.91. The lowest BCUT2D eigenvalue weighted by Gasteiger charge is -2.10. The molecule has 14 heavy (non-hydrogen) atoms. The molecule has 0 aliphatic heterocycles. The lowest BCUT2D eigenvalue weighted by molar-refractivity contribution is 0.585. The van der Waals surface area contributed by atoms with Gasteiger partial charge in [-0.2, -0.15) is 0 Å². The Kier molecular flexibility index (Phi) is 3.84. The van der Waals surface area contributed by atoms with E-state index in [0.717, 1.165) is 17.7 Å². The molecule has 0 saturated heterocycles. The summed E-state index contributed by atoms with van der Waals surface area (Å²) in [5.74, 6) is -0.215. The summed E-state index contributed by atoms with van der Waals surface area (Å²) in [6.07, 6.45) is 1.68. The van der Waals surface area contributed by atoms with Gasteiger partial charge < -0.3 is 5.32 Å². The molecule has 0 atom stereocenters. The van der Waals surface area contributed by atoms with Crippen molar-refractivity contribution in [2.45, 2.75) is 26.4 Å². The summed E-state index contributed by atoms with van der Waals surface area (Å²) in [5, 5.41) is 3.29. The van der Waals surface area contributed by atoms with Crippen molar-refractivity contribution < 1.29 is 4.39 Å². The maximum atomic E-state index is 12.9. The first kappa shape index (κ1) is 10.9. The van der Waals surface area contributed by atoms with Gasteiger partial charge in [0.25, 0.3) is 0 Å². The van der Waals surface area contributed by atoms with Gasteiger partial charge in [-0.3, -0.25) is 0 Å². The smallest absolute Gasteiger partial charge is 0.123 e. The van der Waals surface area contributed by atoms with Crippen LogP contribution in [0.25, 0.3) is 6.08 Å². The molecule has 0 aliphatic carbocycles. The molecule has 1 aromatic rings. The molecule has 0 amide bonds. The van der Waals surface area contributed by atoms with Crippen LogP contribution in [0.3, 0.4) is 0 Å². The molecule has 0 fully saturated rings.